The molecule has 0 saturated carbocycles. The van der Waals surface area contributed by atoms with E-state index in [1.165, 1.54) is 16.7 Å². The molecule has 0 amide bonds. The highest BCUT2D eigenvalue weighted by atomic mass is 16.5. The third-order valence-corrected chi connectivity index (χ3v) is 4.99. The lowest BCUT2D eigenvalue weighted by Gasteiger charge is -2.35. The average Bonchev–Trinajstić information content (AvgIpc) is 2.68. The average molecular weight is 320 g/mol. The predicted octanol–water partition coefficient (Wildman–Crippen LogP) is 5.29. The molecule has 1 aliphatic carbocycles. The van der Waals surface area contributed by atoms with Crippen molar-refractivity contribution in [1.82, 2.24) is 0 Å². The van der Waals surface area contributed by atoms with Gasteiger partial charge in [0.25, 0.3) is 0 Å². The zero-order valence-corrected chi connectivity index (χ0v) is 14.6. The summed E-state index contributed by atoms with van der Waals surface area (Å²) < 4.78 is 10.6. The molecule has 0 radical (unpaired) electrons. The van der Waals surface area contributed by atoms with Crippen LogP contribution in [0.3, 0.4) is 0 Å². The predicted molar refractivity (Wildman–Crippen MR) is 98.9 cm³/mol. The van der Waals surface area contributed by atoms with Gasteiger partial charge in [-0.15, -0.1) is 0 Å². The Kier molecular flexibility index (Phi) is 4.75. The van der Waals surface area contributed by atoms with E-state index in [4.69, 9.17) is 9.47 Å². The smallest absolute Gasteiger partial charge is 0.118 e. The summed E-state index contributed by atoms with van der Waals surface area (Å²) in [7, 11) is 3.40. The van der Waals surface area contributed by atoms with Gasteiger partial charge >= 0.3 is 0 Å². The van der Waals surface area contributed by atoms with Gasteiger partial charge in [-0.1, -0.05) is 48.1 Å². The molecule has 0 spiro atoms. The fourth-order valence-electron chi connectivity index (χ4n) is 3.41. The standard InChI is InChI=1S/C22H24O2/c1-22(17-7-5-4-6-8-17,18-9-13-20(23-2)14-10-18)19-11-15-21(24-3)16-12-19/h4-5,7,9-16H,6,8H2,1-3H3. The number of hydrogen-bond donors (Lipinski definition) is 0. The van der Waals surface area contributed by atoms with Crippen molar-refractivity contribution in [1.29, 1.82) is 0 Å². The lowest BCUT2D eigenvalue weighted by atomic mass is 9.68. The highest BCUT2D eigenvalue weighted by Gasteiger charge is 2.33. The number of benzene rings is 2. The fraction of sp³-hybridized carbons (Fsp3) is 0.273. The van der Waals surface area contributed by atoms with Crippen LogP contribution in [0.15, 0.2) is 72.3 Å². The second-order valence-corrected chi connectivity index (χ2v) is 6.24. The number of allylic oxidation sites excluding steroid dienone is 4. The van der Waals surface area contributed by atoms with Crippen LogP contribution in [0.1, 0.15) is 30.9 Å². The van der Waals surface area contributed by atoms with Crippen molar-refractivity contribution in [2.45, 2.75) is 25.2 Å². The van der Waals surface area contributed by atoms with Crippen molar-refractivity contribution < 1.29 is 9.47 Å². The molecule has 2 aromatic rings. The van der Waals surface area contributed by atoms with Gasteiger partial charge in [0.2, 0.25) is 0 Å². The van der Waals surface area contributed by atoms with Crippen molar-refractivity contribution in [3.8, 4) is 11.5 Å². The molecular weight excluding hydrogens is 296 g/mol. The summed E-state index contributed by atoms with van der Waals surface area (Å²) in [6.45, 7) is 2.31. The van der Waals surface area contributed by atoms with Crippen LogP contribution in [0.2, 0.25) is 0 Å². The summed E-state index contributed by atoms with van der Waals surface area (Å²) in [5.41, 5.74) is 3.81. The molecule has 0 N–H and O–H groups in total. The van der Waals surface area contributed by atoms with Crippen LogP contribution < -0.4 is 9.47 Å². The van der Waals surface area contributed by atoms with E-state index >= 15 is 0 Å². The van der Waals surface area contributed by atoms with Gasteiger partial charge in [0, 0.05) is 5.41 Å². The van der Waals surface area contributed by atoms with E-state index in [-0.39, 0.29) is 5.41 Å². The first kappa shape index (κ1) is 16.4. The lowest BCUT2D eigenvalue weighted by molar-refractivity contribution is 0.414. The Morgan fingerprint density at radius 1 is 0.792 bits per heavy atom. The van der Waals surface area contributed by atoms with Crippen LogP contribution in [0.4, 0.5) is 0 Å². The highest BCUT2D eigenvalue weighted by Crippen LogP contribution is 2.42. The topological polar surface area (TPSA) is 18.5 Å². The van der Waals surface area contributed by atoms with Gasteiger partial charge in [-0.05, 0) is 55.2 Å². The van der Waals surface area contributed by atoms with Crippen LogP contribution in [0.25, 0.3) is 0 Å². The summed E-state index contributed by atoms with van der Waals surface area (Å²) in [5, 5.41) is 0. The molecule has 0 heterocycles. The lowest BCUT2D eigenvalue weighted by Crippen LogP contribution is -2.27. The number of ether oxygens (including phenoxy) is 2. The molecule has 0 aliphatic heterocycles. The van der Waals surface area contributed by atoms with Gasteiger partial charge in [0.1, 0.15) is 11.5 Å². The zero-order chi connectivity index (χ0) is 17.0. The maximum atomic E-state index is 5.32. The summed E-state index contributed by atoms with van der Waals surface area (Å²) in [4.78, 5) is 0. The molecule has 0 bridgehead atoms. The minimum atomic E-state index is -0.163. The van der Waals surface area contributed by atoms with Gasteiger partial charge in [-0.2, -0.15) is 0 Å². The minimum absolute atomic E-state index is 0.163. The first-order chi connectivity index (χ1) is 11.7. The van der Waals surface area contributed by atoms with Crippen molar-refractivity contribution >= 4 is 0 Å². The van der Waals surface area contributed by atoms with Gasteiger partial charge in [-0.25, -0.2) is 0 Å². The Labute approximate surface area is 144 Å². The molecule has 0 atom stereocenters. The summed E-state index contributed by atoms with van der Waals surface area (Å²) in [5.74, 6) is 1.77. The zero-order valence-electron chi connectivity index (χ0n) is 14.6. The molecule has 0 fully saturated rings. The quantitative estimate of drug-likeness (QED) is 0.745. The first-order valence-corrected chi connectivity index (χ1v) is 8.33. The second kappa shape index (κ2) is 6.96. The minimum Gasteiger partial charge on any atom is -0.497 e. The molecule has 2 aromatic carbocycles. The van der Waals surface area contributed by atoms with E-state index in [2.05, 4.69) is 49.4 Å². The van der Waals surface area contributed by atoms with E-state index < -0.39 is 0 Å². The van der Waals surface area contributed by atoms with Crippen molar-refractivity contribution in [2.24, 2.45) is 0 Å². The molecule has 124 valence electrons. The molecule has 0 saturated heterocycles. The molecule has 0 aromatic heterocycles. The molecule has 24 heavy (non-hydrogen) atoms. The number of rotatable bonds is 5. The van der Waals surface area contributed by atoms with Crippen LogP contribution in [-0.4, -0.2) is 14.2 Å². The maximum absolute atomic E-state index is 5.32. The molecule has 3 rings (SSSR count). The van der Waals surface area contributed by atoms with Crippen molar-refractivity contribution in [3.63, 3.8) is 0 Å². The molecule has 0 unspecified atom stereocenters. The summed E-state index contributed by atoms with van der Waals surface area (Å²) in [6.07, 6.45) is 8.83. The van der Waals surface area contributed by atoms with Crippen LogP contribution in [0, 0.1) is 0 Å². The largest absolute Gasteiger partial charge is 0.497 e. The van der Waals surface area contributed by atoms with E-state index in [1.54, 1.807) is 14.2 Å². The third-order valence-electron chi connectivity index (χ3n) is 4.99. The van der Waals surface area contributed by atoms with Crippen molar-refractivity contribution in [3.05, 3.63) is 83.5 Å². The summed E-state index contributed by atoms with van der Waals surface area (Å²) >= 11 is 0. The van der Waals surface area contributed by atoms with E-state index in [1.807, 2.05) is 24.3 Å². The van der Waals surface area contributed by atoms with E-state index in [9.17, 15) is 0 Å². The van der Waals surface area contributed by atoms with Crippen molar-refractivity contribution in [2.75, 3.05) is 14.2 Å². The third kappa shape index (κ3) is 2.96. The van der Waals surface area contributed by atoms with E-state index in [0.717, 1.165) is 24.3 Å². The molecular formula is C22H24O2. The first-order valence-electron chi connectivity index (χ1n) is 8.33. The highest BCUT2D eigenvalue weighted by molar-refractivity contribution is 5.51. The van der Waals surface area contributed by atoms with Crippen LogP contribution >= 0.6 is 0 Å². The Hall–Kier alpha value is -2.48. The fourth-order valence-corrected chi connectivity index (χ4v) is 3.41. The second-order valence-electron chi connectivity index (χ2n) is 6.24. The van der Waals surface area contributed by atoms with Gasteiger partial charge in [0.05, 0.1) is 14.2 Å². The van der Waals surface area contributed by atoms with Crippen LogP contribution in [-0.2, 0) is 5.41 Å². The number of methoxy groups -OCH3 is 2. The molecule has 2 heteroatoms. The normalized spacial score (nSPS) is 14.2. The SMILES string of the molecule is COc1ccc(C(C)(C2=CC=CCC2)c2ccc(OC)cc2)cc1. The molecule has 1 aliphatic rings. The number of hydrogen-bond acceptors (Lipinski definition) is 2. The maximum Gasteiger partial charge on any atom is 0.118 e. The Balaban J connectivity index is 2.11. The van der Waals surface area contributed by atoms with Gasteiger partial charge < -0.3 is 9.47 Å². The Morgan fingerprint density at radius 2 is 1.29 bits per heavy atom. The molecule has 2 nitrogen and oxygen atoms in total. The van der Waals surface area contributed by atoms with E-state index in [0.29, 0.717) is 0 Å². The van der Waals surface area contributed by atoms with Gasteiger partial charge in [-0.3, -0.25) is 0 Å². The Morgan fingerprint density at radius 3 is 1.67 bits per heavy atom. The van der Waals surface area contributed by atoms with Crippen LogP contribution in [0.5, 0.6) is 11.5 Å². The Bertz CT molecular complexity index is 689. The monoisotopic (exact) mass is 320 g/mol. The summed E-state index contributed by atoms with van der Waals surface area (Å²) in [6, 6.07) is 16.8. The van der Waals surface area contributed by atoms with Gasteiger partial charge in [0.15, 0.2) is 0 Å².